The Balaban J connectivity index is 1.76. The number of hydrogen-bond acceptors (Lipinski definition) is 4. The van der Waals surface area contributed by atoms with E-state index < -0.39 is 5.97 Å². The van der Waals surface area contributed by atoms with Crippen LogP contribution in [-0.4, -0.2) is 21.8 Å². The highest BCUT2D eigenvalue weighted by atomic mass is 32.2. The Morgan fingerprint density at radius 2 is 2.19 bits per heavy atom. The first-order valence-electron chi connectivity index (χ1n) is 7.39. The van der Waals surface area contributed by atoms with Gasteiger partial charge in [0.15, 0.2) is 0 Å². The van der Waals surface area contributed by atoms with E-state index in [1.807, 2.05) is 6.07 Å². The van der Waals surface area contributed by atoms with E-state index in [1.165, 1.54) is 18.4 Å². The van der Waals surface area contributed by atoms with Crippen molar-refractivity contribution in [2.75, 3.05) is 5.75 Å². The predicted molar refractivity (Wildman–Crippen MR) is 80.2 cm³/mol. The van der Waals surface area contributed by atoms with Gasteiger partial charge in [-0.25, -0.2) is 4.98 Å². The number of aromatic nitrogens is 1. The van der Waals surface area contributed by atoms with Crippen molar-refractivity contribution in [1.29, 1.82) is 5.26 Å². The van der Waals surface area contributed by atoms with E-state index in [9.17, 15) is 10.1 Å². The van der Waals surface area contributed by atoms with Crippen LogP contribution in [0.3, 0.4) is 0 Å². The summed E-state index contributed by atoms with van der Waals surface area (Å²) in [6, 6.07) is 4.23. The molecule has 21 heavy (non-hydrogen) atoms. The van der Waals surface area contributed by atoms with Gasteiger partial charge in [-0.1, -0.05) is 0 Å². The summed E-state index contributed by atoms with van der Waals surface area (Å²) in [5.41, 5.74) is 2.92. The molecule has 2 aliphatic carbocycles. The molecule has 0 aliphatic heterocycles. The zero-order chi connectivity index (χ0) is 14.9. The van der Waals surface area contributed by atoms with Crippen molar-refractivity contribution >= 4 is 17.7 Å². The van der Waals surface area contributed by atoms with Gasteiger partial charge >= 0.3 is 5.97 Å². The quantitative estimate of drug-likeness (QED) is 0.846. The number of carboxylic acids is 1. The van der Waals surface area contributed by atoms with E-state index in [2.05, 4.69) is 11.1 Å². The second kappa shape index (κ2) is 5.69. The first-order valence-corrected chi connectivity index (χ1v) is 8.38. The van der Waals surface area contributed by atoms with Crippen molar-refractivity contribution in [2.45, 2.75) is 50.0 Å². The zero-order valence-corrected chi connectivity index (χ0v) is 12.7. The number of carboxylic acid groups (broad SMARTS) is 1. The van der Waals surface area contributed by atoms with Crippen LogP contribution in [0.25, 0.3) is 0 Å². The van der Waals surface area contributed by atoms with E-state index in [0.29, 0.717) is 5.56 Å². The van der Waals surface area contributed by atoms with Gasteiger partial charge < -0.3 is 5.11 Å². The molecule has 0 saturated heterocycles. The van der Waals surface area contributed by atoms with Crippen LogP contribution in [0.2, 0.25) is 0 Å². The molecule has 0 aromatic carbocycles. The Hall–Kier alpha value is -1.54. The lowest BCUT2D eigenvalue weighted by Crippen LogP contribution is -2.12. The molecule has 5 heteroatoms. The van der Waals surface area contributed by atoms with Gasteiger partial charge in [-0.3, -0.25) is 4.79 Å². The molecular formula is C16H18N2O2S. The van der Waals surface area contributed by atoms with Gasteiger partial charge in [0.25, 0.3) is 0 Å². The summed E-state index contributed by atoms with van der Waals surface area (Å²) in [6.45, 7) is 0. The number of rotatable bonds is 5. The lowest BCUT2D eigenvalue weighted by molar-refractivity contribution is -0.138. The highest BCUT2D eigenvalue weighted by Gasteiger charge is 2.44. The lowest BCUT2D eigenvalue weighted by atomic mass is 9.95. The van der Waals surface area contributed by atoms with Crippen molar-refractivity contribution in [2.24, 2.45) is 5.41 Å². The molecule has 4 nitrogen and oxygen atoms in total. The maximum Gasteiger partial charge on any atom is 0.303 e. The summed E-state index contributed by atoms with van der Waals surface area (Å²) in [4.78, 5) is 15.6. The minimum absolute atomic E-state index is 0.0686. The molecule has 2 aliphatic rings. The van der Waals surface area contributed by atoms with E-state index in [0.717, 1.165) is 42.2 Å². The number of carbonyl (C=O) groups is 1. The van der Waals surface area contributed by atoms with Gasteiger partial charge in [-0.2, -0.15) is 5.26 Å². The molecule has 1 N–H and O–H groups in total. The number of hydrogen-bond donors (Lipinski definition) is 1. The lowest BCUT2D eigenvalue weighted by Gasteiger charge is -2.17. The standard InChI is InChI=1S/C16H18N2O2S/c17-9-12-7-11-3-1-2-4-13(11)18-15(12)21-10-16(5-6-16)8-14(19)20/h7H,1-6,8,10H2,(H,19,20). The molecule has 1 aromatic heterocycles. The van der Waals surface area contributed by atoms with Crippen LogP contribution in [0.15, 0.2) is 11.1 Å². The summed E-state index contributed by atoms with van der Waals surface area (Å²) < 4.78 is 0. The Morgan fingerprint density at radius 3 is 2.86 bits per heavy atom. The molecule has 0 radical (unpaired) electrons. The maximum atomic E-state index is 10.9. The third-order valence-electron chi connectivity index (χ3n) is 4.38. The Morgan fingerprint density at radius 1 is 1.43 bits per heavy atom. The number of nitrogens with zero attached hydrogens (tertiary/aromatic N) is 2. The number of thioether (sulfide) groups is 1. The normalized spacial score (nSPS) is 18.6. The van der Waals surface area contributed by atoms with Gasteiger partial charge in [-0.15, -0.1) is 11.8 Å². The minimum atomic E-state index is -0.730. The van der Waals surface area contributed by atoms with Crippen molar-refractivity contribution in [1.82, 2.24) is 4.98 Å². The summed E-state index contributed by atoms with van der Waals surface area (Å²) in [6.07, 6.45) is 6.53. The first kappa shape index (κ1) is 14.4. The number of aryl methyl sites for hydroxylation is 2. The Kier molecular flexibility index (Phi) is 3.90. The SMILES string of the molecule is N#Cc1cc2c(nc1SCC1(CC(=O)O)CC1)CCCC2. The maximum absolute atomic E-state index is 10.9. The van der Waals surface area contributed by atoms with Crippen molar-refractivity contribution in [3.63, 3.8) is 0 Å². The summed E-state index contributed by atoms with van der Waals surface area (Å²) in [5, 5.41) is 19.1. The second-order valence-electron chi connectivity index (χ2n) is 6.13. The van der Waals surface area contributed by atoms with Crippen LogP contribution in [0.1, 0.15) is 48.9 Å². The van der Waals surface area contributed by atoms with E-state index in [-0.39, 0.29) is 11.8 Å². The summed E-state index contributed by atoms with van der Waals surface area (Å²) in [5.74, 6) is 0.0201. The Labute approximate surface area is 128 Å². The van der Waals surface area contributed by atoms with Gasteiger partial charge in [0.2, 0.25) is 0 Å². The second-order valence-corrected chi connectivity index (χ2v) is 7.09. The predicted octanol–water partition coefficient (Wildman–Crippen LogP) is 3.18. The highest BCUT2D eigenvalue weighted by Crippen LogP contribution is 2.52. The molecule has 0 atom stereocenters. The van der Waals surface area contributed by atoms with Crippen LogP contribution in [0, 0.1) is 16.7 Å². The van der Waals surface area contributed by atoms with E-state index in [4.69, 9.17) is 5.11 Å². The number of aliphatic carboxylic acids is 1. The highest BCUT2D eigenvalue weighted by molar-refractivity contribution is 7.99. The number of nitriles is 1. The van der Waals surface area contributed by atoms with Gasteiger partial charge in [0, 0.05) is 11.4 Å². The average molecular weight is 302 g/mol. The summed E-state index contributed by atoms with van der Waals surface area (Å²) in [7, 11) is 0. The number of pyridine rings is 1. The molecule has 110 valence electrons. The van der Waals surface area contributed by atoms with Crippen LogP contribution in [-0.2, 0) is 17.6 Å². The molecule has 0 bridgehead atoms. The van der Waals surface area contributed by atoms with Crippen LogP contribution in [0.5, 0.6) is 0 Å². The fourth-order valence-electron chi connectivity index (χ4n) is 2.90. The Bertz CT molecular complexity index is 617. The van der Waals surface area contributed by atoms with Crippen molar-refractivity contribution in [3.8, 4) is 6.07 Å². The summed E-state index contributed by atoms with van der Waals surface area (Å²) >= 11 is 1.56. The topological polar surface area (TPSA) is 74.0 Å². The molecule has 3 rings (SSSR count). The van der Waals surface area contributed by atoms with Crippen LogP contribution >= 0.6 is 11.8 Å². The molecular weight excluding hydrogens is 284 g/mol. The smallest absolute Gasteiger partial charge is 0.303 e. The molecule has 0 unspecified atom stereocenters. The monoisotopic (exact) mass is 302 g/mol. The molecule has 1 heterocycles. The first-order chi connectivity index (χ1) is 10.1. The largest absolute Gasteiger partial charge is 0.481 e. The van der Waals surface area contributed by atoms with Crippen LogP contribution in [0.4, 0.5) is 0 Å². The van der Waals surface area contributed by atoms with E-state index in [1.54, 1.807) is 11.8 Å². The molecule has 1 aromatic rings. The average Bonchev–Trinajstić information content (AvgIpc) is 3.23. The molecule has 0 spiro atoms. The van der Waals surface area contributed by atoms with Gasteiger partial charge in [0.1, 0.15) is 11.1 Å². The van der Waals surface area contributed by atoms with Crippen molar-refractivity contribution in [3.05, 3.63) is 22.9 Å². The fourth-order valence-corrected chi connectivity index (χ4v) is 4.16. The number of fused-ring (bicyclic) bond motifs is 1. The molecule has 0 amide bonds. The van der Waals surface area contributed by atoms with Gasteiger partial charge in [-0.05, 0) is 55.6 Å². The molecule has 1 saturated carbocycles. The third kappa shape index (κ3) is 3.21. The van der Waals surface area contributed by atoms with Gasteiger partial charge in [0.05, 0.1) is 12.0 Å². The fraction of sp³-hybridized carbons (Fsp3) is 0.562. The third-order valence-corrected chi connectivity index (χ3v) is 5.73. The van der Waals surface area contributed by atoms with E-state index >= 15 is 0 Å². The molecule has 1 fully saturated rings. The van der Waals surface area contributed by atoms with Crippen LogP contribution < -0.4 is 0 Å². The minimum Gasteiger partial charge on any atom is -0.481 e. The van der Waals surface area contributed by atoms with Crippen molar-refractivity contribution < 1.29 is 9.90 Å². The zero-order valence-electron chi connectivity index (χ0n) is 11.9.